The zero-order chi connectivity index (χ0) is 14.5. The van der Waals surface area contributed by atoms with Crippen molar-refractivity contribution < 1.29 is 4.74 Å². The third-order valence-electron chi connectivity index (χ3n) is 2.84. The first-order valence-corrected chi connectivity index (χ1v) is 8.06. The molecule has 0 bridgehead atoms. The Kier molecular flexibility index (Phi) is 5.52. The van der Waals surface area contributed by atoms with Crippen molar-refractivity contribution in [3.63, 3.8) is 0 Å². The monoisotopic (exact) mass is 351 g/mol. The Hall–Kier alpha value is -0.970. The molecule has 2 nitrogen and oxygen atoms in total. The van der Waals surface area contributed by atoms with Crippen LogP contribution in [0.5, 0.6) is 5.75 Å². The minimum Gasteiger partial charge on any atom is -0.496 e. The van der Waals surface area contributed by atoms with Crippen molar-refractivity contribution in [1.29, 1.82) is 0 Å². The van der Waals surface area contributed by atoms with Crippen LogP contribution < -0.4 is 10.5 Å². The molecule has 2 rings (SSSR count). The molecule has 0 radical (unpaired) electrons. The van der Waals surface area contributed by atoms with Gasteiger partial charge in [0.2, 0.25) is 0 Å². The van der Waals surface area contributed by atoms with Gasteiger partial charge in [0.15, 0.2) is 0 Å². The Labute approximate surface area is 132 Å². The Morgan fingerprint density at radius 1 is 1.20 bits per heavy atom. The van der Waals surface area contributed by atoms with Crippen LogP contribution in [0.15, 0.2) is 56.7 Å². The molecule has 0 aliphatic heterocycles. The van der Waals surface area contributed by atoms with E-state index in [0.717, 1.165) is 21.5 Å². The quantitative estimate of drug-likeness (QED) is 0.861. The number of halogens is 1. The first-order valence-electron chi connectivity index (χ1n) is 6.45. The number of nitrogens with two attached hydrogens (primary N) is 1. The molecule has 0 aliphatic carbocycles. The van der Waals surface area contributed by atoms with E-state index in [9.17, 15) is 0 Å². The molecule has 0 saturated carbocycles. The van der Waals surface area contributed by atoms with Gasteiger partial charge in [0, 0.05) is 15.4 Å². The lowest BCUT2D eigenvalue weighted by Gasteiger charge is -2.11. The van der Waals surface area contributed by atoms with Crippen LogP contribution in [0.1, 0.15) is 12.5 Å². The van der Waals surface area contributed by atoms with Crippen LogP contribution >= 0.6 is 27.7 Å². The predicted molar refractivity (Wildman–Crippen MR) is 88.6 cm³/mol. The van der Waals surface area contributed by atoms with Crippen molar-refractivity contribution in [2.45, 2.75) is 29.2 Å². The molecule has 0 saturated heterocycles. The first-order chi connectivity index (χ1) is 9.60. The Morgan fingerprint density at radius 2 is 1.95 bits per heavy atom. The molecule has 0 aromatic heterocycles. The predicted octanol–water partition coefficient (Wildman–Crippen LogP) is 4.50. The lowest BCUT2D eigenvalue weighted by Crippen LogP contribution is -2.17. The summed E-state index contributed by atoms with van der Waals surface area (Å²) in [5.74, 6) is 0.893. The lowest BCUT2D eigenvalue weighted by atomic mass is 10.1. The van der Waals surface area contributed by atoms with E-state index in [1.165, 1.54) is 10.5 Å². The molecule has 2 N–H and O–H groups in total. The van der Waals surface area contributed by atoms with Gasteiger partial charge in [0.25, 0.3) is 0 Å². The van der Waals surface area contributed by atoms with Crippen molar-refractivity contribution in [2.75, 3.05) is 7.11 Å². The molecule has 0 fully saturated rings. The second-order valence-electron chi connectivity index (χ2n) is 4.70. The minimum atomic E-state index is 0.176. The smallest absolute Gasteiger partial charge is 0.132 e. The third-order valence-corrected chi connectivity index (χ3v) is 4.89. The molecule has 0 heterocycles. The van der Waals surface area contributed by atoms with Gasteiger partial charge in [-0.05, 0) is 59.1 Å². The van der Waals surface area contributed by atoms with Gasteiger partial charge in [-0.2, -0.15) is 0 Å². The Morgan fingerprint density at radius 3 is 2.60 bits per heavy atom. The zero-order valence-corrected chi connectivity index (χ0v) is 14.0. The second-order valence-corrected chi connectivity index (χ2v) is 6.64. The summed E-state index contributed by atoms with van der Waals surface area (Å²) < 4.78 is 6.47. The molecule has 1 atom stereocenters. The molecule has 4 heteroatoms. The molecule has 0 aliphatic rings. The van der Waals surface area contributed by atoms with E-state index in [4.69, 9.17) is 10.5 Å². The molecular weight excluding hydrogens is 334 g/mol. The van der Waals surface area contributed by atoms with Gasteiger partial charge in [-0.1, -0.05) is 30.0 Å². The normalized spacial score (nSPS) is 12.2. The molecule has 2 aromatic rings. The van der Waals surface area contributed by atoms with E-state index in [0.29, 0.717) is 0 Å². The fraction of sp³-hybridized carbons (Fsp3) is 0.250. The molecule has 20 heavy (non-hydrogen) atoms. The van der Waals surface area contributed by atoms with Crippen molar-refractivity contribution in [1.82, 2.24) is 0 Å². The summed E-state index contributed by atoms with van der Waals surface area (Å²) in [6.45, 7) is 2.02. The van der Waals surface area contributed by atoms with Crippen LogP contribution in [0, 0.1) is 0 Å². The fourth-order valence-electron chi connectivity index (χ4n) is 1.95. The Bertz CT molecular complexity index is 586. The number of ether oxygens (including phenoxy) is 1. The van der Waals surface area contributed by atoms with Gasteiger partial charge >= 0.3 is 0 Å². The number of para-hydroxylation sites is 1. The number of hydrogen-bond acceptors (Lipinski definition) is 3. The molecular formula is C16H18BrNOS. The molecule has 0 spiro atoms. The van der Waals surface area contributed by atoms with Gasteiger partial charge in [0.1, 0.15) is 5.75 Å². The highest BCUT2D eigenvalue weighted by Crippen LogP contribution is 2.38. The van der Waals surface area contributed by atoms with Crippen LogP contribution in [-0.4, -0.2) is 13.2 Å². The number of benzene rings is 2. The van der Waals surface area contributed by atoms with E-state index in [-0.39, 0.29) is 6.04 Å². The molecule has 0 amide bonds. The lowest BCUT2D eigenvalue weighted by molar-refractivity contribution is 0.405. The summed E-state index contributed by atoms with van der Waals surface area (Å²) in [5.41, 5.74) is 7.08. The van der Waals surface area contributed by atoms with Gasteiger partial charge in [0.05, 0.1) is 12.0 Å². The summed E-state index contributed by atoms with van der Waals surface area (Å²) in [6.07, 6.45) is 0.887. The van der Waals surface area contributed by atoms with Gasteiger partial charge in [-0.25, -0.2) is 0 Å². The standard InChI is InChI=1S/C16H18BrNOS/c1-11(18)9-12-7-8-15(13(17)10-12)20-16-6-4-3-5-14(16)19-2/h3-8,10-11H,9,18H2,1-2H3. The van der Waals surface area contributed by atoms with Crippen LogP contribution in [-0.2, 0) is 6.42 Å². The van der Waals surface area contributed by atoms with Crippen LogP contribution in [0.25, 0.3) is 0 Å². The maximum atomic E-state index is 5.84. The largest absolute Gasteiger partial charge is 0.496 e. The molecule has 1 unspecified atom stereocenters. The summed E-state index contributed by atoms with van der Waals surface area (Å²) in [6, 6.07) is 14.6. The Balaban J connectivity index is 2.21. The summed E-state index contributed by atoms with van der Waals surface area (Å²) in [7, 11) is 1.69. The highest BCUT2D eigenvalue weighted by atomic mass is 79.9. The van der Waals surface area contributed by atoms with E-state index < -0.39 is 0 Å². The molecule has 106 valence electrons. The molecule has 2 aromatic carbocycles. The maximum Gasteiger partial charge on any atom is 0.132 e. The third kappa shape index (κ3) is 4.01. The van der Waals surface area contributed by atoms with Gasteiger partial charge in [-0.3, -0.25) is 0 Å². The van der Waals surface area contributed by atoms with Gasteiger partial charge < -0.3 is 10.5 Å². The van der Waals surface area contributed by atoms with Crippen molar-refractivity contribution >= 4 is 27.7 Å². The fourth-order valence-corrected chi connectivity index (χ4v) is 3.54. The zero-order valence-electron chi connectivity index (χ0n) is 11.6. The average molecular weight is 352 g/mol. The number of hydrogen-bond donors (Lipinski definition) is 1. The maximum absolute atomic E-state index is 5.84. The topological polar surface area (TPSA) is 35.2 Å². The average Bonchev–Trinajstić information content (AvgIpc) is 2.42. The van der Waals surface area contributed by atoms with E-state index in [1.54, 1.807) is 18.9 Å². The number of methoxy groups -OCH3 is 1. The van der Waals surface area contributed by atoms with Crippen molar-refractivity contribution in [2.24, 2.45) is 5.73 Å². The van der Waals surface area contributed by atoms with Gasteiger partial charge in [-0.15, -0.1) is 0 Å². The minimum absolute atomic E-state index is 0.176. The summed E-state index contributed by atoms with van der Waals surface area (Å²) in [5, 5.41) is 0. The van der Waals surface area contributed by atoms with Crippen LogP contribution in [0.4, 0.5) is 0 Å². The van der Waals surface area contributed by atoms with Crippen LogP contribution in [0.2, 0.25) is 0 Å². The van der Waals surface area contributed by atoms with E-state index >= 15 is 0 Å². The van der Waals surface area contributed by atoms with Crippen LogP contribution in [0.3, 0.4) is 0 Å². The van der Waals surface area contributed by atoms with Crippen molar-refractivity contribution in [3.8, 4) is 5.75 Å². The summed E-state index contributed by atoms with van der Waals surface area (Å²) >= 11 is 5.33. The SMILES string of the molecule is COc1ccccc1Sc1ccc(CC(C)N)cc1Br. The van der Waals surface area contributed by atoms with E-state index in [1.807, 2.05) is 25.1 Å². The highest BCUT2D eigenvalue weighted by Gasteiger charge is 2.08. The highest BCUT2D eigenvalue weighted by molar-refractivity contribution is 9.10. The number of rotatable bonds is 5. The summed E-state index contributed by atoms with van der Waals surface area (Å²) in [4.78, 5) is 2.28. The first kappa shape index (κ1) is 15.4. The second kappa shape index (κ2) is 7.16. The van der Waals surface area contributed by atoms with E-state index in [2.05, 4.69) is 40.2 Å². The van der Waals surface area contributed by atoms with Crippen molar-refractivity contribution in [3.05, 3.63) is 52.5 Å².